The number of aromatic nitrogens is 3. The molecular weight excluding hydrogens is 433 g/mol. The second kappa shape index (κ2) is 10.5. The molecule has 2 aliphatic rings. The number of rotatable bonds is 8. The Labute approximate surface area is 198 Å². The number of benzene rings is 2. The Morgan fingerprint density at radius 1 is 0.853 bits per heavy atom. The lowest BCUT2D eigenvalue weighted by atomic mass is 10.2. The lowest BCUT2D eigenvalue weighted by Gasteiger charge is -2.20. The summed E-state index contributed by atoms with van der Waals surface area (Å²) in [5.41, 5.74) is 4.23. The van der Waals surface area contributed by atoms with Gasteiger partial charge in [0.1, 0.15) is 18.2 Å². The van der Waals surface area contributed by atoms with Gasteiger partial charge in [0.15, 0.2) is 0 Å². The molecule has 0 saturated carbocycles. The number of nitrogens with one attached hydrogen (secondary N) is 1. The number of nitrogens with zero attached hydrogens (tertiary/aromatic N) is 6. The summed E-state index contributed by atoms with van der Waals surface area (Å²) in [6, 6.07) is 14.1. The summed E-state index contributed by atoms with van der Waals surface area (Å²) in [6.45, 7) is 3.96. The molecule has 2 aromatic carbocycles. The topological polar surface area (TPSA) is 78.8 Å². The van der Waals surface area contributed by atoms with Gasteiger partial charge in [0.05, 0.1) is 6.21 Å². The molecule has 2 saturated heterocycles. The molecule has 1 N–H and O–H groups in total. The van der Waals surface area contributed by atoms with Gasteiger partial charge in [-0.3, -0.25) is 0 Å². The molecule has 1 aromatic heterocycles. The highest BCUT2D eigenvalue weighted by Gasteiger charge is 2.21. The lowest BCUT2D eigenvalue weighted by Crippen LogP contribution is -2.25. The Morgan fingerprint density at radius 2 is 1.47 bits per heavy atom. The molecule has 3 heterocycles. The molecule has 5 rings (SSSR count). The largest absolute Gasteiger partial charge is 0.488 e. The van der Waals surface area contributed by atoms with E-state index in [0.717, 1.165) is 57.4 Å². The molecule has 0 radical (unpaired) electrons. The van der Waals surface area contributed by atoms with Gasteiger partial charge in [-0.25, -0.2) is 9.82 Å². The van der Waals surface area contributed by atoms with E-state index in [1.165, 1.54) is 6.07 Å². The third-order valence-corrected chi connectivity index (χ3v) is 6.02. The van der Waals surface area contributed by atoms with Crippen LogP contribution in [0.2, 0.25) is 0 Å². The van der Waals surface area contributed by atoms with Gasteiger partial charge in [-0.05, 0) is 43.9 Å². The van der Waals surface area contributed by atoms with E-state index in [2.05, 4.69) is 30.3 Å². The third-order valence-electron chi connectivity index (χ3n) is 6.02. The molecule has 0 atom stereocenters. The fourth-order valence-electron chi connectivity index (χ4n) is 4.17. The summed E-state index contributed by atoms with van der Waals surface area (Å²) < 4.78 is 19.8. The van der Waals surface area contributed by atoms with Crippen molar-refractivity contribution in [2.75, 3.05) is 41.4 Å². The Morgan fingerprint density at radius 3 is 2.15 bits per heavy atom. The fourth-order valence-corrected chi connectivity index (χ4v) is 4.17. The zero-order chi connectivity index (χ0) is 23.2. The molecule has 9 heteroatoms. The van der Waals surface area contributed by atoms with E-state index in [-0.39, 0.29) is 12.4 Å². The number of ether oxygens (including phenoxy) is 1. The van der Waals surface area contributed by atoms with Crippen molar-refractivity contribution >= 4 is 24.1 Å². The average molecular weight is 462 g/mol. The first kappa shape index (κ1) is 22.1. The van der Waals surface area contributed by atoms with Crippen molar-refractivity contribution in [1.29, 1.82) is 0 Å². The summed E-state index contributed by atoms with van der Waals surface area (Å²) in [7, 11) is 0. The summed E-state index contributed by atoms with van der Waals surface area (Å²) >= 11 is 0. The normalized spacial score (nSPS) is 15.9. The van der Waals surface area contributed by atoms with Gasteiger partial charge in [0, 0.05) is 37.3 Å². The monoisotopic (exact) mass is 461 g/mol. The maximum atomic E-state index is 13.9. The summed E-state index contributed by atoms with van der Waals surface area (Å²) in [5, 5.41) is 4.36. The number of para-hydroxylation sites is 1. The smallest absolute Gasteiger partial charge is 0.250 e. The van der Waals surface area contributed by atoms with E-state index in [4.69, 9.17) is 9.72 Å². The first-order valence-electron chi connectivity index (χ1n) is 11.8. The van der Waals surface area contributed by atoms with Crippen molar-refractivity contribution in [3.8, 4) is 5.75 Å². The van der Waals surface area contributed by atoms with Crippen LogP contribution in [0.25, 0.3) is 0 Å². The van der Waals surface area contributed by atoms with Crippen LogP contribution in [0.4, 0.5) is 22.2 Å². The first-order valence-corrected chi connectivity index (χ1v) is 11.8. The highest BCUT2D eigenvalue weighted by atomic mass is 19.1. The fraction of sp³-hybridized carbons (Fsp3) is 0.360. The summed E-state index contributed by atoms with van der Waals surface area (Å²) in [5.74, 6) is 2.14. The number of hydrazone groups is 1. The lowest BCUT2D eigenvalue weighted by molar-refractivity contribution is 0.299. The molecule has 2 fully saturated rings. The van der Waals surface area contributed by atoms with Crippen LogP contribution in [0.5, 0.6) is 5.75 Å². The number of anilines is 3. The molecule has 0 aliphatic carbocycles. The Hall–Kier alpha value is -3.75. The van der Waals surface area contributed by atoms with Gasteiger partial charge in [-0.1, -0.05) is 30.3 Å². The van der Waals surface area contributed by atoms with Crippen LogP contribution in [-0.4, -0.2) is 47.3 Å². The number of halogens is 1. The van der Waals surface area contributed by atoms with Crippen LogP contribution in [0.3, 0.4) is 0 Å². The van der Waals surface area contributed by atoms with Crippen LogP contribution in [0, 0.1) is 5.82 Å². The predicted molar refractivity (Wildman–Crippen MR) is 131 cm³/mol. The predicted octanol–water partition coefficient (Wildman–Crippen LogP) is 4.24. The van der Waals surface area contributed by atoms with Crippen molar-refractivity contribution in [3.63, 3.8) is 0 Å². The second-order valence-electron chi connectivity index (χ2n) is 8.44. The molecule has 0 unspecified atom stereocenters. The molecule has 3 aromatic rings. The maximum absolute atomic E-state index is 13.9. The van der Waals surface area contributed by atoms with Crippen molar-refractivity contribution in [1.82, 2.24) is 15.0 Å². The van der Waals surface area contributed by atoms with E-state index < -0.39 is 0 Å². The molecule has 176 valence electrons. The van der Waals surface area contributed by atoms with Crippen molar-refractivity contribution in [2.45, 2.75) is 32.3 Å². The van der Waals surface area contributed by atoms with Crippen LogP contribution in [0.1, 0.15) is 36.8 Å². The Bertz CT molecular complexity index is 1110. The minimum absolute atomic E-state index is 0.136. The zero-order valence-corrected chi connectivity index (χ0v) is 19.0. The van der Waals surface area contributed by atoms with Crippen LogP contribution >= 0.6 is 0 Å². The average Bonchev–Trinajstić information content (AvgIpc) is 3.59. The van der Waals surface area contributed by atoms with Crippen molar-refractivity contribution < 1.29 is 9.13 Å². The summed E-state index contributed by atoms with van der Waals surface area (Å²) in [4.78, 5) is 18.3. The number of hydrogen-bond donors (Lipinski definition) is 1. The molecule has 2 aliphatic heterocycles. The van der Waals surface area contributed by atoms with E-state index in [0.29, 0.717) is 29.2 Å². The Balaban J connectivity index is 1.31. The molecule has 0 bridgehead atoms. The Kier molecular flexibility index (Phi) is 6.78. The third kappa shape index (κ3) is 5.24. The first-order chi connectivity index (χ1) is 16.8. The van der Waals surface area contributed by atoms with E-state index in [1.807, 2.05) is 24.3 Å². The van der Waals surface area contributed by atoms with Gasteiger partial charge in [-0.2, -0.15) is 20.1 Å². The van der Waals surface area contributed by atoms with Gasteiger partial charge >= 0.3 is 0 Å². The molecule has 34 heavy (non-hydrogen) atoms. The van der Waals surface area contributed by atoms with Crippen molar-refractivity contribution in [3.05, 3.63) is 65.5 Å². The van der Waals surface area contributed by atoms with E-state index >= 15 is 0 Å². The molecule has 8 nitrogen and oxygen atoms in total. The minimum atomic E-state index is -0.284. The highest BCUT2D eigenvalue weighted by Crippen LogP contribution is 2.23. The van der Waals surface area contributed by atoms with E-state index in [9.17, 15) is 4.39 Å². The minimum Gasteiger partial charge on any atom is -0.488 e. The molecular formula is C25H28FN7O. The van der Waals surface area contributed by atoms with Gasteiger partial charge in [0.2, 0.25) is 17.8 Å². The SMILES string of the molecule is Fc1ccccc1COc1ccccc1/C=N/Nc1nc(N2CCCC2)nc(N2CCCC2)n1. The van der Waals surface area contributed by atoms with Gasteiger partial charge in [-0.15, -0.1) is 0 Å². The van der Waals surface area contributed by atoms with Crippen molar-refractivity contribution in [2.24, 2.45) is 5.10 Å². The summed E-state index contributed by atoms with van der Waals surface area (Å²) in [6.07, 6.45) is 6.25. The number of hydrogen-bond acceptors (Lipinski definition) is 8. The standard InChI is InChI=1S/C25H28FN7O/c26-21-11-3-1-10-20(21)18-34-22-12-4-2-9-19(22)17-27-31-23-28-24(32-13-5-6-14-32)30-25(29-23)33-15-7-8-16-33/h1-4,9-12,17H,5-8,13-16,18H2,(H,28,29,30,31)/b27-17+. The highest BCUT2D eigenvalue weighted by molar-refractivity contribution is 5.83. The second-order valence-corrected chi connectivity index (χ2v) is 8.44. The van der Waals surface area contributed by atoms with Gasteiger partial charge in [0.25, 0.3) is 0 Å². The molecule has 0 spiro atoms. The molecule has 0 amide bonds. The van der Waals surface area contributed by atoms with Crippen LogP contribution in [0.15, 0.2) is 53.6 Å². The quantitative estimate of drug-likeness (QED) is 0.397. The maximum Gasteiger partial charge on any atom is 0.250 e. The zero-order valence-electron chi connectivity index (χ0n) is 19.0. The van der Waals surface area contributed by atoms with E-state index in [1.54, 1.807) is 24.4 Å². The van der Waals surface area contributed by atoms with Crippen LogP contribution < -0.4 is 20.0 Å². The van der Waals surface area contributed by atoms with Crippen LogP contribution in [-0.2, 0) is 6.61 Å². The van der Waals surface area contributed by atoms with Gasteiger partial charge < -0.3 is 14.5 Å².